The zero-order valence-electron chi connectivity index (χ0n) is 16.3. The van der Waals surface area contributed by atoms with Gasteiger partial charge in [0.25, 0.3) is 11.8 Å². The monoisotopic (exact) mass is 376 g/mol. The first-order chi connectivity index (χ1) is 12.6. The third kappa shape index (κ3) is 5.21. The first-order valence-corrected chi connectivity index (χ1v) is 9.21. The molecule has 1 fully saturated rings. The zero-order chi connectivity index (χ0) is 20.2. The number of amides is 2. The number of benzene rings is 1. The Hall–Kier alpha value is -2.57. The predicted octanol–water partition coefficient (Wildman–Crippen LogP) is 2.45. The van der Waals surface area contributed by atoms with Crippen molar-refractivity contribution in [1.29, 1.82) is 0 Å². The molecule has 2 atom stereocenters. The summed E-state index contributed by atoms with van der Waals surface area (Å²) in [7, 11) is 0. The minimum atomic E-state index is -1.36. The number of carboxylic acid groups (broad SMARTS) is 1. The quantitative estimate of drug-likeness (QED) is 0.795. The molecule has 0 aromatic heterocycles. The Morgan fingerprint density at radius 1 is 1.15 bits per heavy atom. The number of nitrogens with zero attached hydrogens (tertiary/aromatic N) is 1. The van der Waals surface area contributed by atoms with E-state index >= 15 is 0 Å². The van der Waals surface area contributed by atoms with Gasteiger partial charge in [-0.25, -0.2) is 4.79 Å². The number of likely N-dealkylation sites (tertiary alicyclic amines) is 1. The van der Waals surface area contributed by atoms with Gasteiger partial charge in [-0.1, -0.05) is 0 Å². The Kier molecular flexibility index (Phi) is 6.46. The van der Waals surface area contributed by atoms with E-state index in [9.17, 15) is 14.4 Å². The van der Waals surface area contributed by atoms with Gasteiger partial charge in [-0.2, -0.15) is 0 Å². The van der Waals surface area contributed by atoms with Crippen LogP contribution in [0.15, 0.2) is 24.3 Å². The third-order valence-electron chi connectivity index (χ3n) is 4.92. The van der Waals surface area contributed by atoms with Crippen LogP contribution in [-0.2, 0) is 9.59 Å². The van der Waals surface area contributed by atoms with E-state index in [1.54, 1.807) is 24.3 Å². The van der Waals surface area contributed by atoms with E-state index in [1.807, 2.05) is 4.90 Å². The van der Waals surface area contributed by atoms with Gasteiger partial charge in [-0.05, 0) is 71.2 Å². The summed E-state index contributed by atoms with van der Waals surface area (Å²) in [5.74, 6) is -1.16. The second-order valence-corrected chi connectivity index (χ2v) is 7.63. The van der Waals surface area contributed by atoms with Crippen molar-refractivity contribution in [3.05, 3.63) is 29.8 Å². The van der Waals surface area contributed by atoms with E-state index in [-0.39, 0.29) is 24.6 Å². The average molecular weight is 376 g/mol. The van der Waals surface area contributed by atoms with E-state index in [1.165, 1.54) is 13.8 Å². The highest BCUT2D eigenvalue weighted by Gasteiger charge is 2.30. The lowest BCUT2D eigenvalue weighted by Crippen LogP contribution is -2.49. The number of carbonyl (C=O) groups is 3. The number of nitrogens with one attached hydrogen (secondary N) is 1. The number of carbonyl (C=O) groups excluding carboxylic acids is 2. The molecular formula is C20H28N2O5. The molecule has 1 aliphatic heterocycles. The van der Waals surface area contributed by atoms with Crippen LogP contribution in [0, 0.1) is 0 Å². The number of aliphatic carboxylic acids is 1. The fraction of sp³-hybridized carbons (Fsp3) is 0.550. The molecule has 0 saturated carbocycles. The maximum absolute atomic E-state index is 12.5. The minimum absolute atomic E-state index is 0.0419. The van der Waals surface area contributed by atoms with Crippen LogP contribution in [0.4, 0.5) is 0 Å². The van der Waals surface area contributed by atoms with Crippen molar-refractivity contribution in [2.75, 3.05) is 6.61 Å². The van der Waals surface area contributed by atoms with Gasteiger partial charge in [0.1, 0.15) is 11.3 Å². The summed E-state index contributed by atoms with van der Waals surface area (Å²) < 4.78 is 5.57. The molecule has 0 spiro atoms. The van der Waals surface area contributed by atoms with Gasteiger partial charge in [0.15, 0.2) is 6.61 Å². The highest BCUT2D eigenvalue weighted by atomic mass is 16.5. The molecule has 2 rings (SSSR count). The van der Waals surface area contributed by atoms with Crippen molar-refractivity contribution in [3.63, 3.8) is 0 Å². The average Bonchev–Trinajstić information content (AvgIpc) is 2.59. The number of ether oxygens (including phenoxy) is 1. The van der Waals surface area contributed by atoms with Gasteiger partial charge < -0.3 is 20.1 Å². The van der Waals surface area contributed by atoms with Gasteiger partial charge in [-0.15, -0.1) is 0 Å². The normalized spacial score (nSPS) is 20.1. The number of hydrogen-bond acceptors (Lipinski definition) is 4. The second kappa shape index (κ2) is 8.41. The van der Waals surface area contributed by atoms with Crippen LogP contribution < -0.4 is 10.1 Å². The smallest absolute Gasteiger partial charge is 0.328 e. The molecule has 1 aromatic rings. The molecule has 27 heavy (non-hydrogen) atoms. The molecule has 1 aromatic carbocycles. The van der Waals surface area contributed by atoms with Gasteiger partial charge >= 0.3 is 5.97 Å². The van der Waals surface area contributed by atoms with Crippen LogP contribution in [0.5, 0.6) is 5.75 Å². The molecule has 0 bridgehead atoms. The van der Waals surface area contributed by atoms with Gasteiger partial charge in [0, 0.05) is 17.6 Å². The number of piperidine rings is 1. The zero-order valence-corrected chi connectivity index (χ0v) is 16.3. The summed E-state index contributed by atoms with van der Waals surface area (Å²) >= 11 is 0. The molecule has 1 saturated heterocycles. The molecule has 0 aliphatic carbocycles. The molecule has 148 valence electrons. The number of rotatable bonds is 6. The summed E-state index contributed by atoms with van der Waals surface area (Å²) in [6.45, 7) is 6.89. The standard InChI is InChI=1S/C20H28N2O5/c1-13-6-5-7-14(2)22(13)17(23)12-27-16-10-8-15(9-11-16)18(24)21-20(3,4)19(25)26/h8-11,13-14H,5-7,12H2,1-4H3,(H,21,24)(H,25,26). The largest absolute Gasteiger partial charge is 0.484 e. The van der Waals surface area contributed by atoms with E-state index in [0.29, 0.717) is 11.3 Å². The maximum atomic E-state index is 12.5. The van der Waals surface area contributed by atoms with Gasteiger partial charge in [0.2, 0.25) is 0 Å². The molecule has 2 amide bonds. The van der Waals surface area contributed by atoms with E-state index in [2.05, 4.69) is 19.2 Å². The molecule has 0 radical (unpaired) electrons. The van der Waals surface area contributed by atoms with Crippen molar-refractivity contribution >= 4 is 17.8 Å². The Balaban J connectivity index is 1.93. The van der Waals surface area contributed by atoms with Crippen molar-refractivity contribution in [1.82, 2.24) is 10.2 Å². The summed E-state index contributed by atoms with van der Waals surface area (Å²) in [5, 5.41) is 11.5. The fourth-order valence-electron chi connectivity index (χ4n) is 3.24. The summed E-state index contributed by atoms with van der Waals surface area (Å²) in [6, 6.07) is 6.71. The van der Waals surface area contributed by atoms with E-state index in [4.69, 9.17) is 9.84 Å². The van der Waals surface area contributed by atoms with Crippen molar-refractivity contribution in [2.24, 2.45) is 0 Å². The van der Waals surface area contributed by atoms with Crippen molar-refractivity contribution < 1.29 is 24.2 Å². The lowest BCUT2D eigenvalue weighted by atomic mass is 9.97. The lowest BCUT2D eigenvalue weighted by molar-refractivity contribution is -0.143. The van der Waals surface area contributed by atoms with Crippen LogP contribution in [0.1, 0.15) is 57.3 Å². The Labute approximate surface area is 159 Å². The van der Waals surface area contributed by atoms with Gasteiger partial charge in [-0.3, -0.25) is 9.59 Å². The van der Waals surface area contributed by atoms with Crippen LogP contribution in [0.3, 0.4) is 0 Å². The van der Waals surface area contributed by atoms with Crippen LogP contribution in [0.2, 0.25) is 0 Å². The number of carboxylic acids is 1. The Morgan fingerprint density at radius 3 is 2.22 bits per heavy atom. The fourth-order valence-corrected chi connectivity index (χ4v) is 3.24. The first kappa shape index (κ1) is 20.7. The third-order valence-corrected chi connectivity index (χ3v) is 4.92. The molecule has 7 nitrogen and oxygen atoms in total. The topological polar surface area (TPSA) is 95.9 Å². The summed E-state index contributed by atoms with van der Waals surface area (Å²) in [4.78, 5) is 37.6. The first-order valence-electron chi connectivity index (χ1n) is 9.21. The van der Waals surface area contributed by atoms with Crippen molar-refractivity contribution in [3.8, 4) is 5.75 Å². The minimum Gasteiger partial charge on any atom is -0.484 e. The van der Waals surface area contributed by atoms with Crippen LogP contribution in [0.25, 0.3) is 0 Å². The molecule has 2 N–H and O–H groups in total. The highest BCUT2D eigenvalue weighted by Crippen LogP contribution is 2.23. The lowest BCUT2D eigenvalue weighted by Gasteiger charge is -2.38. The van der Waals surface area contributed by atoms with Crippen LogP contribution >= 0.6 is 0 Å². The summed E-state index contributed by atoms with van der Waals surface area (Å²) in [5.41, 5.74) is -1.04. The van der Waals surface area contributed by atoms with Gasteiger partial charge in [0.05, 0.1) is 0 Å². The van der Waals surface area contributed by atoms with Crippen LogP contribution in [-0.4, -0.2) is 52.0 Å². The Morgan fingerprint density at radius 2 is 1.70 bits per heavy atom. The molecule has 7 heteroatoms. The second-order valence-electron chi connectivity index (χ2n) is 7.63. The molecule has 1 aliphatic rings. The Bertz CT molecular complexity index is 689. The maximum Gasteiger partial charge on any atom is 0.328 e. The summed E-state index contributed by atoms with van der Waals surface area (Å²) in [6.07, 6.45) is 3.15. The van der Waals surface area contributed by atoms with Crippen molar-refractivity contribution in [2.45, 2.75) is 64.6 Å². The molecular weight excluding hydrogens is 348 g/mol. The van der Waals surface area contributed by atoms with E-state index in [0.717, 1.165) is 19.3 Å². The molecule has 1 heterocycles. The number of hydrogen-bond donors (Lipinski definition) is 2. The highest BCUT2D eigenvalue weighted by molar-refractivity contribution is 5.97. The molecule has 2 unspecified atom stereocenters. The SMILES string of the molecule is CC1CCCC(C)N1C(=O)COc1ccc(C(=O)NC(C)(C)C(=O)O)cc1. The predicted molar refractivity (Wildman–Crippen MR) is 101 cm³/mol. The van der Waals surface area contributed by atoms with E-state index < -0.39 is 17.4 Å².